The molecule has 0 radical (unpaired) electrons. The average Bonchev–Trinajstić information content (AvgIpc) is 3.25. The van der Waals surface area contributed by atoms with Crippen molar-refractivity contribution < 1.29 is 18.8 Å². The van der Waals surface area contributed by atoms with Crippen LogP contribution in [-0.2, 0) is 5.41 Å². The maximum absolute atomic E-state index is 13.8. The molecule has 1 aromatic carbocycles. The minimum absolute atomic E-state index is 0.298. The third-order valence-corrected chi connectivity index (χ3v) is 4.71. The Labute approximate surface area is 141 Å². The Morgan fingerprint density at radius 3 is 3.12 bits per heavy atom. The lowest BCUT2D eigenvalue weighted by Gasteiger charge is -2.36. The standard InChI is InChI=1S/C16H16FN5O3/c1-16(5-2-6-22(8-16)15(23)24)14-19-13(21-25-14)9-3-4-11(17)10-7-18-20-12(9)10/h3-4,7H,2,5-6,8H2,1H3,(H,18,20)(H,23,24)/t16-/m1/s1. The molecule has 0 spiro atoms. The monoisotopic (exact) mass is 345 g/mol. The van der Waals surface area contributed by atoms with Gasteiger partial charge in [-0.2, -0.15) is 10.1 Å². The zero-order chi connectivity index (χ0) is 17.6. The zero-order valence-corrected chi connectivity index (χ0v) is 13.5. The van der Waals surface area contributed by atoms with Crippen LogP contribution >= 0.6 is 0 Å². The fourth-order valence-corrected chi connectivity index (χ4v) is 3.34. The second kappa shape index (κ2) is 5.54. The van der Waals surface area contributed by atoms with Crippen LogP contribution in [0.2, 0.25) is 0 Å². The predicted octanol–water partition coefficient (Wildman–Crippen LogP) is 2.78. The van der Waals surface area contributed by atoms with Gasteiger partial charge in [0.05, 0.1) is 22.5 Å². The third kappa shape index (κ3) is 2.51. The first-order valence-corrected chi connectivity index (χ1v) is 7.92. The molecule has 25 heavy (non-hydrogen) atoms. The Morgan fingerprint density at radius 2 is 2.32 bits per heavy atom. The average molecular weight is 345 g/mol. The van der Waals surface area contributed by atoms with E-state index in [-0.39, 0.29) is 5.82 Å². The predicted molar refractivity (Wildman–Crippen MR) is 85.5 cm³/mol. The van der Waals surface area contributed by atoms with Gasteiger partial charge in [0.2, 0.25) is 11.7 Å². The molecule has 1 amide bonds. The molecule has 130 valence electrons. The van der Waals surface area contributed by atoms with Crippen LogP contribution in [0.25, 0.3) is 22.3 Å². The van der Waals surface area contributed by atoms with E-state index in [9.17, 15) is 14.3 Å². The number of hydrogen-bond donors (Lipinski definition) is 2. The van der Waals surface area contributed by atoms with E-state index in [0.717, 1.165) is 12.8 Å². The number of piperidine rings is 1. The number of carboxylic acid groups (broad SMARTS) is 1. The molecule has 8 nitrogen and oxygen atoms in total. The summed E-state index contributed by atoms with van der Waals surface area (Å²) < 4.78 is 19.2. The van der Waals surface area contributed by atoms with E-state index in [0.29, 0.717) is 41.3 Å². The number of carbonyl (C=O) groups is 1. The minimum Gasteiger partial charge on any atom is -0.465 e. The lowest BCUT2D eigenvalue weighted by atomic mass is 9.82. The first-order valence-electron chi connectivity index (χ1n) is 7.92. The molecule has 1 aliphatic heterocycles. The molecular formula is C16H16FN5O3. The van der Waals surface area contributed by atoms with Gasteiger partial charge in [0.15, 0.2) is 0 Å². The molecule has 1 aliphatic rings. The number of amides is 1. The Kier molecular flexibility index (Phi) is 3.45. The van der Waals surface area contributed by atoms with Crippen LogP contribution < -0.4 is 0 Å². The van der Waals surface area contributed by atoms with Crippen LogP contribution in [0.5, 0.6) is 0 Å². The first kappa shape index (κ1) is 15.6. The van der Waals surface area contributed by atoms with Crippen molar-refractivity contribution in [3.8, 4) is 11.4 Å². The maximum atomic E-state index is 13.8. The molecule has 4 rings (SSSR count). The van der Waals surface area contributed by atoms with Crippen LogP contribution in [-0.4, -0.2) is 49.5 Å². The largest absolute Gasteiger partial charge is 0.465 e. The second-order valence-electron chi connectivity index (χ2n) is 6.55. The SMILES string of the molecule is C[C@@]1(c2nc(-c3ccc(F)c4cn[nH]c34)no2)CCCN(C(=O)O)C1. The number of nitrogens with zero attached hydrogens (tertiary/aromatic N) is 4. The number of hydrogen-bond acceptors (Lipinski definition) is 5. The number of nitrogens with one attached hydrogen (secondary N) is 1. The van der Waals surface area contributed by atoms with Crippen molar-refractivity contribution in [1.29, 1.82) is 0 Å². The van der Waals surface area contributed by atoms with Gasteiger partial charge in [-0.1, -0.05) is 5.16 Å². The third-order valence-electron chi connectivity index (χ3n) is 4.71. The zero-order valence-electron chi connectivity index (χ0n) is 13.5. The molecule has 1 atom stereocenters. The van der Waals surface area contributed by atoms with Gasteiger partial charge in [-0.05, 0) is 31.9 Å². The van der Waals surface area contributed by atoms with Crippen molar-refractivity contribution in [2.75, 3.05) is 13.1 Å². The van der Waals surface area contributed by atoms with E-state index >= 15 is 0 Å². The summed E-state index contributed by atoms with van der Waals surface area (Å²) in [6.45, 7) is 2.71. The quantitative estimate of drug-likeness (QED) is 0.739. The lowest BCUT2D eigenvalue weighted by molar-refractivity contribution is 0.103. The molecule has 3 aromatic rings. The molecule has 0 saturated carbocycles. The molecule has 3 heterocycles. The summed E-state index contributed by atoms with van der Waals surface area (Å²) in [6.07, 6.45) is 1.93. The molecule has 2 aromatic heterocycles. The molecule has 0 unspecified atom stereocenters. The summed E-state index contributed by atoms with van der Waals surface area (Å²) in [5.74, 6) is 0.316. The van der Waals surface area contributed by atoms with Crippen molar-refractivity contribution in [2.24, 2.45) is 0 Å². The van der Waals surface area contributed by atoms with Gasteiger partial charge in [-0.25, -0.2) is 9.18 Å². The Hall–Kier alpha value is -2.97. The van der Waals surface area contributed by atoms with Gasteiger partial charge in [-0.3, -0.25) is 5.10 Å². The summed E-state index contributed by atoms with van der Waals surface area (Å²) in [6, 6.07) is 2.90. The summed E-state index contributed by atoms with van der Waals surface area (Å²) in [4.78, 5) is 17.1. The molecular weight excluding hydrogens is 329 g/mol. The minimum atomic E-state index is -0.955. The highest BCUT2D eigenvalue weighted by atomic mass is 19.1. The molecule has 1 fully saturated rings. The summed E-state index contributed by atoms with van der Waals surface area (Å²) in [5, 5.41) is 20.2. The van der Waals surface area contributed by atoms with Crippen molar-refractivity contribution in [3.63, 3.8) is 0 Å². The molecule has 2 N–H and O–H groups in total. The number of H-pyrrole nitrogens is 1. The number of aromatic nitrogens is 4. The van der Waals surface area contributed by atoms with Crippen molar-refractivity contribution in [2.45, 2.75) is 25.2 Å². The van der Waals surface area contributed by atoms with E-state index in [1.165, 1.54) is 17.2 Å². The van der Waals surface area contributed by atoms with E-state index in [1.54, 1.807) is 6.07 Å². The summed E-state index contributed by atoms with van der Waals surface area (Å²) >= 11 is 0. The second-order valence-corrected chi connectivity index (χ2v) is 6.55. The van der Waals surface area contributed by atoms with Crippen molar-refractivity contribution in [1.82, 2.24) is 25.2 Å². The van der Waals surface area contributed by atoms with Gasteiger partial charge in [-0.15, -0.1) is 0 Å². The number of aromatic amines is 1. The van der Waals surface area contributed by atoms with E-state index in [4.69, 9.17) is 4.52 Å². The first-order chi connectivity index (χ1) is 12.0. The summed E-state index contributed by atoms with van der Waals surface area (Å²) in [5.41, 5.74) is 0.529. The normalized spacial score (nSPS) is 21.0. The smallest absolute Gasteiger partial charge is 0.407 e. The van der Waals surface area contributed by atoms with Gasteiger partial charge in [0.25, 0.3) is 0 Å². The van der Waals surface area contributed by atoms with Gasteiger partial charge < -0.3 is 14.5 Å². The number of benzene rings is 1. The van der Waals surface area contributed by atoms with E-state index in [1.807, 2.05) is 6.92 Å². The van der Waals surface area contributed by atoms with Crippen molar-refractivity contribution in [3.05, 3.63) is 30.0 Å². The van der Waals surface area contributed by atoms with E-state index in [2.05, 4.69) is 20.3 Å². The van der Waals surface area contributed by atoms with Gasteiger partial charge in [0, 0.05) is 18.7 Å². The number of rotatable bonds is 2. The molecule has 0 aliphatic carbocycles. The number of likely N-dealkylation sites (tertiary alicyclic amines) is 1. The molecule has 0 bridgehead atoms. The van der Waals surface area contributed by atoms with E-state index < -0.39 is 11.5 Å². The fraction of sp³-hybridized carbons (Fsp3) is 0.375. The Bertz CT molecular complexity index is 952. The summed E-state index contributed by atoms with van der Waals surface area (Å²) in [7, 11) is 0. The highest BCUT2D eigenvalue weighted by Gasteiger charge is 2.39. The fourth-order valence-electron chi connectivity index (χ4n) is 3.34. The maximum Gasteiger partial charge on any atom is 0.407 e. The topological polar surface area (TPSA) is 108 Å². The molecule has 9 heteroatoms. The van der Waals surface area contributed by atoms with Crippen molar-refractivity contribution >= 4 is 17.0 Å². The van der Waals surface area contributed by atoms with Crippen LogP contribution in [0.1, 0.15) is 25.7 Å². The number of fused-ring (bicyclic) bond motifs is 1. The highest BCUT2D eigenvalue weighted by Crippen LogP contribution is 2.34. The van der Waals surface area contributed by atoms with Crippen LogP contribution in [0.15, 0.2) is 22.9 Å². The Balaban J connectivity index is 1.71. The molecule has 1 saturated heterocycles. The van der Waals surface area contributed by atoms with Gasteiger partial charge in [0.1, 0.15) is 5.82 Å². The van der Waals surface area contributed by atoms with Crippen LogP contribution in [0.3, 0.4) is 0 Å². The number of halogens is 1. The van der Waals surface area contributed by atoms with Gasteiger partial charge >= 0.3 is 6.09 Å². The lowest BCUT2D eigenvalue weighted by Crippen LogP contribution is -2.46. The highest BCUT2D eigenvalue weighted by molar-refractivity contribution is 5.91. The van der Waals surface area contributed by atoms with Crippen LogP contribution in [0, 0.1) is 5.82 Å². The van der Waals surface area contributed by atoms with Crippen LogP contribution in [0.4, 0.5) is 9.18 Å². The Morgan fingerprint density at radius 1 is 1.48 bits per heavy atom.